The minimum Gasteiger partial charge on any atom is -0.497 e. The summed E-state index contributed by atoms with van der Waals surface area (Å²) in [6.07, 6.45) is 5.27. The summed E-state index contributed by atoms with van der Waals surface area (Å²) >= 11 is 0. The van der Waals surface area contributed by atoms with E-state index in [4.69, 9.17) is 4.74 Å². The largest absolute Gasteiger partial charge is 0.497 e. The predicted molar refractivity (Wildman–Crippen MR) is 123 cm³/mol. The van der Waals surface area contributed by atoms with Gasteiger partial charge in [0.25, 0.3) is 11.8 Å². The molecule has 1 fully saturated rings. The second-order valence-electron chi connectivity index (χ2n) is 7.71. The Labute approximate surface area is 182 Å². The van der Waals surface area contributed by atoms with Crippen molar-refractivity contribution in [1.82, 2.24) is 4.90 Å². The maximum atomic E-state index is 13.0. The average molecular weight is 418 g/mol. The number of carbonyl (C=O) groups is 2. The van der Waals surface area contributed by atoms with E-state index in [0.29, 0.717) is 16.9 Å². The van der Waals surface area contributed by atoms with Crippen LogP contribution >= 0.6 is 0 Å². The number of benzene rings is 2. The molecular formula is C25H27N3O3. The third-order valence-corrected chi connectivity index (χ3v) is 5.72. The number of carbonyl (C=O) groups excluding carboxylic acids is 2. The van der Waals surface area contributed by atoms with Crippen LogP contribution in [0.15, 0.2) is 66.9 Å². The zero-order valence-corrected chi connectivity index (χ0v) is 17.8. The van der Waals surface area contributed by atoms with Crippen LogP contribution in [0.4, 0.5) is 11.4 Å². The standard InChI is InChI=1S/C25H27N3O3/c1-3-15-28-24(29)22(18-7-13-21(31-2)14-8-18)23(25(28)30)26-19-9-11-20(12-10-19)27-16-5-4-6-17-27/h3,7-14,26H,1,4-6,15-17H2,2H3. The molecule has 2 aliphatic rings. The number of amides is 2. The maximum absolute atomic E-state index is 13.0. The lowest BCUT2D eigenvalue weighted by Gasteiger charge is -2.28. The first kappa shape index (κ1) is 20.7. The molecular weight excluding hydrogens is 390 g/mol. The van der Waals surface area contributed by atoms with Crippen molar-refractivity contribution < 1.29 is 14.3 Å². The summed E-state index contributed by atoms with van der Waals surface area (Å²) in [7, 11) is 1.59. The van der Waals surface area contributed by atoms with E-state index in [0.717, 1.165) is 18.8 Å². The smallest absolute Gasteiger partial charge is 0.278 e. The fourth-order valence-electron chi connectivity index (χ4n) is 4.06. The molecule has 1 N–H and O–H groups in total. The Balaban J connectivity index is 1.64. The van der Waals surface area contributed by atoms with Crippen LogP contribution in [0.2, 0.25) is 0 Å². The van der Waals surface area contributed by atoms with E-state index < -0.39 is 0 Å². The fraction of sp³-hybridized carbons (Fsp3) is 0.280. The molecule has 0 radical (unpaired) electrons. The van der Waals surface area contributed by atoms with Crippen molar-refractivity contribution in [2.24, 2.45) is 0 Å². The molecule has 6 nitrogen and oxygen atoms in total. The quantitative estimate of drug-likeness (QED) is 0.544. The van der Waals surface area contributed by atoms with E-state index in [9.17, 15) is 9.59 Å². The van der Waals surface area contributed by atoms with Crippen LogP contribution in [0.5, 0.6) is 5.75 Å². The molecule has 0 aromatic heterocycles. The predicted octanol–water partition coefficient (Wildman–Crippen LogP) is 4.06. The zero-order chi connectivity index (χ0) is 21.8. The highest BCUT2D eigenvalue weighted by Crippen LogP contribution is 2.32. The van der Waals surface area contributed by atoms with Gasteiger partial charge < -0.3 is 15.0 Å². The van der Waals surface area contributed by atoms with Gasteiger partial charge in [0, 0.05) is 31.0 Å². The van der Waals surface area contributed by atoms with Gasteiger partial charge in [0.2, 0.25) is 0 Å². The molecule has 0 bridgehead atoms. The number of piperidine rings is 1. The molecule has 2 amide bonds. The second kappa shape index (κ2) is 9.08. The first-order valence-corrected chi connectivity index (χ1v) is 10.6. The molecule has 2 aliphatic heterocycles. The molecule has 0 spiro atoms. The van der Waals surface area contributed by atoms with E-state index in [2.05, 4.69) is 28.9 Å². The number of hydrogen-bond donors (Lipinski definition) is 1. The Morgan fingerprint density at radius 3 is 2.26 bits per heavy atom. The van der Waals surface area contributed by atoms with E-state index in [1.54, 1.807) is 37.5 Å². The number of nitrogens with one attached hydrogen (secondary N) is 1. The summed E-state index contributed by atoms with van der Waals surface area (Å²) in [6, 6.07) is 15.2. The number of anilines is 2. The topological polar surface area (TPSA) is 61.9 Å². The first-order valence-electron chi connectivity index (χ1n) is 10.6. The maximum Gasteiger partial charge on any atom is 0.278 e. The molecule has 0 aliphatic carbocycles. The minimum absolute atomic E-state index is 0.163. The lowest BCUT2D eigenvalue weighted by atomic mass is 10.0. The minimum atomic E-state index is -0.351. The van der Waals surface area contributed by atoms with Crippen LogP contribution in [-0.2, 0) is 9.59 Å². The van der Waals surface area contributed by atoms with Crippen molar-refractivity contribution in [2.75, 3.05) is 37.0 Å². The Morgan fingerprint density at radius 2 is 1.65 bits per heavy atom. The van der Waals surface area contributed by atoms with Crippen LogP contribution in [-0.4, -0.2) is 43.5 Å². The van der Waals surface area contributed by atoms with Gasteiger partial charge in [-0.2, -0.15) is 0 Å². The molecule has 4 rings (SSSR count). The van der Waals surface area contributed by atoms with Crippen LogP contribution in [0.25, 0.3) is 5.57 Å². The summed E-state index contributed by atoms with van der Waals surface area (Å²) in [4.78, 5) is 29.7. The van der Waals surface area contributed by atoms with Gasteiger partial charge in [0.1, 0.15) is 11.4 Å². The molecule has 2 aromatic rings. The molecule has 0 atom stereocenters. The van der Waals surface area contributed by atoms with E-state index in [-0.39, 0.29) is 24.1 Å². The van der Waals surface area contributed by atoms with Crippen LogP contribution < -0.4 is 15.0 Å². The highest BCUT2D eigenvalue weighted by molar-refractivity contribution is 6.36. The van der Waals surface area contributed by atoms with Crippen LogP contribution in [0.1, 0.15) is 24.8 Å². The fourth-order valence-corrected chi connectivity index (χ4v) is 4.06. The van der Waals surface area contributed by atoms with Gasteiger partial charge in [-0.1, -0.05) is 18.2 Å². The molecule has 0 saturated carbocycles. The second-order valence-corrected chi connectivity index (χ2v) is 7.71. The summed E-state index contributed by atoms with van der Waals surface area (Å²) in [5.41, 5.74) is 3.25. The molecule has 1 saturated heterocycles. The summed E-state index contributed by atoms with van der Waals surface area (Å²) in [5.74, 6) is 0.00482. The Hall–Kier alpha value is -3.54. The number of nitrogens with zero attached hydrogens (tertiary/aromatic N) is 2. The van der Waals surface area contributed by atoms with Crippen molar-refractivity contribution in [3.05, 3.63) is 72.4 Å². The molecule has 2 aromatic carbocycles. The Bertz CT molecular complexity index is 1000. The molecule has 2 heterocycles. The number of hydrogen-bond acceptors (Lipinski definition) is 5. The Kier molecular flexibility index (Phi) is 6.07. The number of imide groups is 1. The van der Waals surface area contributed by atoms with Gasteiger partial charge in [0.05, 0.1) is 12.7 Å². The van der Waals surface area contributed by atoms with Crippen LogP contribution in [0.3, 0.4) is 0 Å². The highest BCUT2D eigenvalue weighted by atomic mass is 16.5. The van der Waals surface area contributed by atoms with Crippen molar-refractivity contribution >= 4 is 28.8 Å². The SMILES string of the molecule is C=CCN1C(=O)C(Nc2ccc(N3CCCCC3)cc2)=C(c2ccc(OC)cc2)C1=O. The lowest BCUT2D eigenvalue weighted by Crippen LogP contribution is -2.32. The summed E-state index contributed by atoms with van der Waals surface area (Å²) < 4.78 is 5.21. The Morgan fingerprint density at radius 1 is 0.968 bits per heavy atom. The zero-order valence-electron chi connectivity index (χ0n) is 17.8. The number of methoxy groups -OCH3 is 1. The van der Waals surface area contributed by atoms with E-state index in [1.165, 1.54) is 29.8 Å². The van der Waals surface area contributed by atoms with Crippen LogP contribution in [0, 0.1) is 0 Å². The summed E-state index contributed by atoms with van der Waals surface area (Å²) in [5, 5.41) is 3.20. The van der Waals surface area contributed by atoms with Gasteiger partial charge in [-0.05, 0) is 61.2 Å². The third kappa shape index (κ3) is 4.19. The van der Waals surface area contributed by atoms with Gasteiger partial charge in [-0.15, -0.1) is 6.58 Å². The number of ether oxygens (including phenoxy) is 1. The molecule has 0 unspecified atom stereocenters. The van der Waals surface area contributed by atoms with Crippen molar-refractivity contribution in [3.8, 4) is 5.75 Å². The lowest BCUT2D eigenvalue weighted by molar-refractivity contribution is -0.136. The third-order valence-electron chi connectivity index (χ3n) is 5.72. The van der Waals surface area contributed by atoms with Crippen molar-refractivity contribution in [1.29, 1.82) is 0 Å². The van der Waals surface area contributed by atoms with Crippen molar-refractivity contribution in [3.63, 3.8) is 0 Å². The first-order chi connectivity index (χ1) is 15.1. The number of rotatable bonds is 7. The molecule has 6 heteroatoms. The highest BCUT2D eigenvalue weighted by Gasteiger charge is 2.38. The van der Waals surface area contributed by atoms with Gasteiger partial charge in [0.15, 0.2) is 0 Å². The van der Waals surface area contributed by atoms with Crippen molar-refractivity contribution in [2.45, 2.75) is 19.3 Å². The van der Waals surface area contributed by atoms with Gasteiger partial charge in [-0.3, -0.25) is 14.5 Å². The monoisotopic (exact) mass is 417 g/mol. The van der Waals surface area contributed by atoms with Gasteiger partial charge in [-0.25, -0.2) is 0 Å². The average Bonchev–Trinajstić information content (AvgIpc) is 3.05. The molecule has 160 valence electrons. The normalized spacial score (nSPS) is 16.7. The van der Waals surface area contributed by atoms with E-state index >= 15 is 0 Å². The molecule has 31 heavy (non-hydrogen) atoms. The van der Waals surface area contributed by atoms with E-state index in [1.807, 2.05) is 12.1 Å². The van der Waals surface area contributed by atoms with Gasteiger partial charge >= 0.3 is 0 Å². The summed E-state index contributed by atoms with van der Waals surface area (Å²) in [6.45, 7) is 5.98.